The highest BCUT2D eigenvalue weighted by Gasteiger charge is 2.17. The first-order valence-electron chi connectivity index (χ1n) is 6.17. The van der Waals surface area contributed by atoms with E-state index in [1.807, 2.05) is 32.0 Å². The molecule has 0 aromatic carbocycles. The number of carbonyl (C=O) groups is 1. The molecular formula is C15H16N2O2. The smallest absolute Gasteiger partial charge is 0.336 e. The molecular weight excluding hydrogens is 240 g/mol. The number of pyridine rings is 2. The van der Waals surface area contributed by atoms with Crippen molar-refractivity contribution in [1.29, 1.82) is 0 Å². The first-order chi connectivity index (χ1) is 9.00. The van der Waals surface area contributed by atoms with Crippen molar-refractivity contribution in [2.75, 3.05) is 0 Å². The molecule has 98 valence electrons. The summed E-state index contributed by atoms with van der Waals surface area (Å²) >= 11 is 0. The van der Waals surface area contributed by atoms with E-state index in [1.165, 1.54) is 0 Å². The van der Waals surface area contributed by atoms with E-state index in [-0.39, 0.29) is 5.92 Å². The van der Waals surface area contributed by atoms with Crippen LogP contribution >= 0.6 is 0 Å². The predicted molar refractivity (Wildman–Crippen MR) is 73.3 cm³/mol. The van der Waals surface area contributed by atoms with Crippen molar-refractivity contribution in [3.8, 4) is 11.4 Å². The van der Waals surface area contributed by atoms with Crippen LogP contribution in [0.15, 0.2) is 30.5 Å². The Morgan fingerprint density at radius 2 is 2.00 bits per heavy atom. The van der Waals surface area contributed by atoms with Gasteiger partial charge in [-0.15, -0.1) is 0 Å². The minimum atomic E-state index is -0.931. The van der Waals surface area contributed by atoms with Gasteiger partial charge in [0.2, 0.25) is 0 Å². The molecule has 4 nitrogen and oxygen atoms in total. The second-order valence-corrected chi connectivity index (χ2v) is 4.74. The monoisotopic (exact) mass is 256 g/mol. The van der Waals surface area contributed by atoms with E-state index in [4.69, 9.17) is 0 Å². The fraction of sp³-hybridized carbons (Fsp3) is 0.267. The van der Waals surface area contributed by atoms with E-state index in [0.29, 0.717) is 17.0 Å². The Labute approximate surface area is 112 Å². The molecule has 0 aliphatic rings. The Balaban J connectivity index is 2.67. The van der Waals surface area contributed by atoms with Crippen molar-refractivity contribution in [2.24, 2.45) is 0 Å². The molecule has 0 saturated heterocycles. The Hall–Kier alpha value is -2.23. The maximum absolute atomic E-state index is 11.3. The molecule has 0 saturated carbocycles. The summed E-state index contributed by atoms with van der Waals surface area (Å²) in [4.78, 5) is 20.1. The number of aromatic carboxylic acids is 1. The van der Waals surface area contributed by atoms with Crippen molar-refractivity contribution in [3.05, 3.63) is 47.3 Å². The summed E-state index contributed by atoms with van der Waals surface area (Å²) < 4.78 is 0. The second-order valence-electron chi connectivity index (χ2n) is 4.74. The molecule has 2 aromatic rings. The van der Waals surface area contributed by atoms with Crippen LogP contribution in [0.1, 0.15) is 41.4 Å². The van der Waals surface area contributed by atoms with Crippen LogP contribution in [-0.4, -0.2) is 21.0 Å². The second kappa shape index (κ2) is 5.18. The number of hydrogen-bond donors (Lipinski definition) is 1. The van der Waals surface area contributed by atoms with Gasteiger partial charge in [-0.3, -0.25) is 9.97 Å². The van der Waals surface area contributed by atoms with Crippen molar-refractivity contribution in [1.82, 2.24) is 9.97 Å². The van der Waals surface area contributed by atoms with Gasteiger partial charge in [0.05, 0.1) is 17.0 Å². The average Bonchev–Trinajstić information content (AvgIpc) is 2.39. The molecule has 0 unspecified atom stereocenters. The third-order valence-corrected chi connectivity index (χ3v) is 3.01. The van der Waals surface area contributed by atoms with Crippen molar-refractivity contribution >= 4 is 5.97 Å². The fourth-order valence-electron chi connectivity index (χ4n) is 2.06. The van der Waals surface area contributed by atoms with Gasteiger partial charge in [-0.2, -0.15) is 0 Å². The summed E-state index contributed by atoms with van der Waals surface area (Å²) in [6.45, 7) is 5.81. The van der Waals surface area contributed by atoms with Crippen LogP contribution in [0.3, 0.4) is 0 Å². The van der Waals surface area contributed by atoms with Crippen molar-refractivity contribution < 1.29 is 9.90 Å². The topological polar surface area (TPSA) is 63.1 Å². The van der Waals surface area contributed by atoms with E-state index >= 15 is 0 Å². The highest BCUT2D eigenvalue weighted by Crippen LogP contribution is 2.25. The standard InChI is InChI=1S/C15H16N2O2/c1-9(2)14-10(3)11(15(18)19)8-13(17-14)12-6-4-5-7-16-12/h4-9H,1-3H3,(H,18,19). The zero-order valence-electron chi connectivity index (χ0n) is 11.2. The molecule has 0 amide bonds. The highest BCUT2D eigenvalue weighted by atomic mass is 16.4. The normalized spacial score (nSPS) is 10.7. The minimum absolute atomic E-state index is 0.168. The Morgan fingerprint density at radius 3 is 2.53 bits per heavy atom. The van der Waals surface area contributed by atoms with Gasteiger partial charge in [0.25, 0.3) is 0 Å². The molecule has 0 spiro atoms. The number of hydrogen-bond acceptors (Lipinski definition) is 3. The first-order valence-corrected chi connectivity index (χ1v) is 6.17. The van der Waals surface area contributed by atoms with Crippen LogP contribution in [0.2, 0.25) is 0 Å². The number of carboxylic acids is 1. The molecule has 2 aromatic heterocycles. The quantitative estimate of drug-likeness (QED) is 0.915. The van der Waals surface area contributed by atoms with Gasteiger partial charge in [-0.1, -0.05) is 19.9 Å². The lowest BCUT2D eigenvalue weighted by molar-refractivity contribution is 0.0696. The molecule has 2 rings (SSSR count). The van der Waals surface area contributed by atoms with Gasteiger partial charge in [-0.05, 0) is 36.6 Å². The summed E-state index contributed by atoms with van der Waals surface area (Å²) in [5, 5.41) is 9.30. The third-order valence-electron chi connectivity index (χ3n) is 3.01. The van der Waals surface area contributed by atoms with E-state index < -0.39 is 5.97 Å². The van der Waals surface area contributed by atoms with Gasteiger partial charge in [0, 0.05) is 11.9 Å². The first kappa shape index (κ1) is 13.2. The van der Waals surface area contributed by atoms with E-state index in [0.717, 1.165) is 11.3 Å². The zero-order valence-corrected chi connectivity index (χ0v) is 11.2. The fourth-order valence-corrected chi connectivity index (χ4v) is 2.06. The van der Waals surface area contributed by atoms with Gasteiger partial charge in [0.1, 0.15) is 0 Å². The van der Waals surface area contributed by atoms with Crippen LogP contribution in [-0.2, 0) is 0 Å². The maximum Gasteiger partial charge on any atom is 0.336 e. The Morgan fingerprint density at radius 1 is 1.26 bits per heavy atom. The summed E-state index contributed by atoms with van der Waals surface area (Å²) in [7, 11) is 0. The number of carboxylic acid groups (broad SMARTS) is 1. The van der Waals surface area contributed by atoms with Gasteiger partial charge in [0.15, 0.2) is 0 Å². The van der Waals surface area contributed by atoms with Crippen LogP contribution in [0.25, 0.3) is 11.4 Å². The highest BCUT2D eigenvalue weighted by molar-refractivity contribution is 5.90. The lowest BCUT2D eigenvalue weighted by Gasteiger charge is -2.13. The van der Waals surface area contributed by atoms with Crippen LogP contribution < -0.4 is 0 Å². The molecule has 0 aliphatic carbocycles. The van der Waals surface area contributed by atoms with Crippen LogP contribution in [0.4, 0.5) is 0 Å². The van der Waals surface area contributed by atoms with E-state index in [9.17, 15) is 9.90 Å². The molecule has 1 N–H and O–H groups in total. The molecule has 4 heteroatoms. The van der Waals surface area contributed by atoms with Gasteiger partial charge >= 0.3 is 5.97 Å². The summed E-state index contributed by atoms with van der Waals surface area (Å²) in [6, 6.07) is 7.10. The average molecular weight is 256 g/mol. The molecule has 0 bridgehead atoms. The van der Waals surface area contributed by atoms with E-state index in [2.05, 4.69) is 9.97 Å². The molecule has 0 radical (unpaired) electrons. The van der Waals surface area contributed by atoms with Gasteiger partial charge in [-0.25, -0.2) is 4.79 Å². The predicted octanol–water partition coefficient (Wildman–Crippen LogP) is 3.27. The maximum atomic E-state index is 11.3. The minimum Gasteiger partial charge on any atom is -0.478 e. The molecule has 2 heterocycles. The lowest BCUT2D eigenvalue weighted by Crippen LogP contribution is -2.08. The number of rotatable bonds is 3. The third kappa shape index (κ3) is 2.62. The number of nitrogens with zero attached hydrogens (tertiary/aromatic N) is 2. The summed E-state index contributed by atoms with van der Waals surface area (Å²) in [6.07, 6.45) is 1.67. The molecule has 19 heavy (non-hydrogen) atoms. The van der Waals surface area contributed by atoms with Crippen LogP contribution in [0, 0.1) is 6.92 Å². The van der Waals surface area contributed by atoms with Crippen LogP contribution in [0.5, 0.6) is 0 Å². The van der Waals surface area contributed by atoms with Crippen molar-refractivity contribution in [2.45, 2.75) is 26.7 Å². The zero-order chi connectivity index (χ0) is 14.0. The molecule has 0 atom stereocenters. The van der Waals surface area contributed by atoms with Gasteiger partial charge < -0.3 is 5.11 Å². The lowest BCUT2D eigenvalue weighted by atomic mass is 9.98. The Kier molecular flexibility index (Phi) is 3.60. The molecule has 0 aliphatic heterocycles. The summed E-state index contributed by atoms with van der Waals surface area (Å²) in [5.74, 6) is -0.763. The van der Waals surface area contributed by atoms with Crippen molar-refractivity contribution in [3.63, 3.8) is 0 Å². The number of aromatic nitrogens is 2. The largest absolute Gasteiger partial charge is 0.478 e. The summed E-state index contributed by atoms with van der Waals surface area (Å²) in [5.41, 5.74) is 3.11. The SMILES string of the molecule is Cc1c(C(=O)O)cc(-c2ccccn2)nc1C(C)C. The Bertz CT molecular complexity index is 607. The van der Waals surface area contributed by atoms with E-state index in [1.54, 1.807) is 19.2 Å². The molecule has 0 fully saturated rings.